The topological polar surface area (TPSA) is 112 Å². The van der Waals surface area contributed by atoms with E-state index in [1.807, 2.05) is 54.7 Å². The molecule has 4 aromatic rings. The summed E-state index contributed by atoms with van der Waals surface area (Å²) in [5.74, 6) is 0.647. The lowest BCUT2D eigenvalue weighted by Gasteiger charge is -2.15. The second-order valence-corrected chi connectivity index (χ2v) is 10.6. The second-order valence-electron chi connectivity index (χ2n) is 8.70. The van der Waals surface area contributed by atoms with Gasteiger partial charge in [0.25, 0.3) is 0 Å². The molecular weight excluding hydrogens is 554 g/mol. The van der Waals surface area contributed by atoms with Gasteiger partial charge in [-0.1, -0.05) is 57.6 Å². The van der Waals surface area contributed by atoms with E-state index in [4.69, 9.17) is 4.98 Å². The Morgan fingerprint density at radius 2 is 2.03 bits per heavy atom. The van der Waals surface area contributed by atoms with Crippen molar-refractivity contribution in [2.75, 3.05) is 23.3 Å². The van der Waals surface area contributed by atoms with Crippen molar-refractivity contribution in [1.29, 1.82) is 0 Å². The number of hydrogen-bond donors (Lipinski definition) is 3. The number of anilines is 2. The molecule has 1 saturated heterocycles. The van der Waals surface area contributed by atoms with Gasteiger partial charge < -0.3 is 10.6 Å². The van der Waals surface area contributed by atoms with E-state index < -0.39 is 0 Å². The van der Waals surface area contributed by atoms with E-state index in [-0.39, 0.29) is 12.1 Å². The Hall–Kier alpha value is -3.83. The van der Waals surface area contributed by atoms with Gasteiger partial charge in [0, 0.05) is 41.6 Å². The van der Waals surface area contributed by atoms with Crippen LogP contribution in [0, 0.1) is 0 Å². The maximum absolute atomic E-state index is 12.7. The molecule has 2 aliphatic rings. The minimum absolute atomic E-state index is 0.106. The van der Waals surface area contributed by atoms with Crippen molar-refractivity contribution in [3.63, 3.8) is 0 Å². The number of fused-ring (bicyclic) bond motifs is 3. The van der Waals surface area contributed by atoms with Crippen LogP contribution in [-0.4, -0.2) is 40.1 Å². The van der Waals surface area contributed by atoms with Crippen LogP contribution in [-0.2, 0) is 19.4 Å². The summed E-state index contributed by atoms with van der Waals surface area (Å²) >= 11 is 5.00. The smallest absolute Gasteiger partial charge is 0.321 e. The summed E-state index contributed by atoms with van der Waals surface area (Å²) in [4.78, 5) is 41.4. The molecule has 2 aromatic heterocycles. The molecule has 11 heteroatoms. The summed E-state index contributed by atoms with van der Waals surface area (Å²) in [7, 11) is 0. The first-order chi connectivity index (χ1) is 18.0. The van der Waals surface area contributed by atoms with Crippen LogP contribution in [0.4, 0.5) is 20.4 Å². The van der Waals surface area contributed by atoms with Gasteiger partial charge in [-0.2, -0.15) is 0 Å². The quantitative estimate of drug-likeness (QED) is 0.310. The highest BCUT2D eigenvalue weighted by molar-refractivity contribution is 9.10. The fourth-order valence-corrected chi connectivity index (χ4v) is 5.94. The van der Waals surface area contributed by atoms with Crippen LogP contribution < -0.4 is 20.9 Å². The molecule has 1 fully saturated rings. The number of rotatable bonds is 5. The normalized spacial score (nSPS) is 14.1. The largest absolute Gasteiger partial charge is 0.336 e. The number of carbonyl (C=O) groups excluding carboxylic acids is 2. The van der Waals surface area contributed by atoms with E-state index in [9.17, 15) is 9.59 Å². The Morgan fingerprint density at radius 3 is 2.86 bits per heavy atom. The number of halogens is 1. The first-order valence-electron chi connectivity index (χ1n) is 11.9. The van der Waals surface area contributed by atoms with Crippen LogP contribution in [0.25, 0.3) is 22.0 Å². The maximum Gasteiger partial charge on any atom is 0.321 e. The van der Waals surface area contributed by atoms with Crippen molar-refractivity contribution in [3.8, 4) is 22.0 Å². The van der Waals surface area contributed by atoms with Gasteiger partial charge in [0.2, 0.25) is 0 Å². The van der Waals surface area contributed by atoms with Gasteiger partial charge in [-0.25, -0.2) is 24.5 Å². The van der Waals surface area contributed by atoms with Crippen molar-refractivity contribution in [2.24, 2.45) is 0 Å². The monoisotopic (exact) mass is 575 g/mol. The standard InChI is InChI=1S/C26H22BrN7O2S/c27-19-7-2-1-6-18(19)23-29-14-16-8-9-20-22(21(16)32-23)37-25(31-20)33-24(35)30-13-15-4-3-5-17(12-15)34-11-10-28-26(34)36/h1-7,12,14H,8-11,13H2,(H,28,36)(H2,30,31,33,35). The molecule has 0 spiro atoms. The van der Waals surface area contributed by atoms with E-state index in [2.05, 4.69) is 41.8 Å². The summed E-state index contributed by atoms with van der Waals surface area (Å²) in [5, 5.41) is 9.07. The SMILES string of the molecule is O=C(NCc1cccc(N2CCNC2=O)c1)Nc1nc2c(s1)-c1nc(-c3ccccc3Br)ncc1CC2. The third kappa shape index (κ3) is 4.79. The number of nitrogens with zero attached hydrogens (tertiary/aromatic N) is 4. The van der Waals surface area contributed by atoms with Gasteiger partial charge in [0.05, 0.1) is 16.3 Å². The third-order valence-corrected chi connectivity index (χ3v) is 7.99. The predicted octanol–water partition coefficient (Wildman–Crippen LogP) is 4.98. The minimum Gasteiger partial charge on any atom is -0.336 e. The van der Waals surface area contributed by atoms with Crippen LogP contribution in [0.15, 0.2) is 59.2 Å². The van der Waals surface area contributed by atoms with Crippen molar-refractivity contribution in [2.45, 2.75) is 19.4 Å². The highest BCUT2D eigenvalue weighted by Crippen LogP contribution is 2.39. The van der Waals surface area contributed by atoms with Crippen LogP contribution in [0.3, 0.4) is 0 Å². The Balaban J connectivity index is 1.15. The van der Waals surface area contributed by atoms with Crippen LogP contribution in [0.2, 0.25) is 0 Å². The van der Waals surface area contributed by atoms with Gasteiger partial charge in [-0.05, 0) is 42.2 Å². The average molecular weight is 576 g/mol. The molecule has 186 valence electrons. The zero-order valence-corrected chi connectivity index (χ0v) is 22.0. The van der Waals surface area contributed by atoms with E-state index >= 15 is 0 Å². The molecule has 0 radical (unpaired) electrons. The predicted molar refractivity (Wildman–Crippen MR) is 147 cm³/mol. The molecule has 3 heterocycles. The van der Waals surface area contributed by atoms with E-state index in [1.165, 1.54) is 11.3 Å². The average Bonchev–Trinajstić information content (AvgIpc) is 3.53. The highest BCUT2D eigenvalue weighted by atomic mass is 79.9. The van der Waals surface area contributed by atoms with Crippen molar-refractivity contribution in [3.05, 3.63) is 76.0 Å². The lowest BCUT2D eigenvalue weighted by Crippen LogP contribution is -2.29. The number of aryl methyl sites for hydroxylation is 2. The van der Waals surface area contributed by atoms with Gasteiger partial charge in [-0.15, -0.1) is 0 Å². The first-order valence-corrected chi connectivity index (χ1v) is 13.5. The van der Waals surface area contributed by atoms with Gasteiger partial charge >= 0.3 is 12.1 Å². The molecule has 0 atom stereocenters. The van der Waals surface area contributed by atoms with Gasteiger partial charge in [0.1, 0.15) is 0 Å². The molecule has 6 rings (SSSR count). The summed E-state index contributed by atoms with van der Waals surface area (Å²) in [6, 6.07) is 15.0. The lowest BCUT2D eigenvalue weighted by molar-refractivity contribution is 0.251. The third-order valence-electron chi connectivity index (χ3n) is 6.28. The maximum atomic E-state index is 12.7. The number of urea groups is 2. The molecule has 1 aliphatic carbocycles. The summed E-state index contributed by atoms with van der Waals surface area (Å²) in [6.07, 6.45) is 3.47. The molecule has 4 amide bonds. The van der Waals surface area contributed by atoms with Crippen molar-refractivity contribution >= 4 is 50.1 Å². The molecule has 0 unspecified atom stereocenters. The molecule has 9 nitrogen and oxygen atoms in total. The van der Waals surface area contributed by atoms with Crippen LogP contribution in [0.5, 0.6) is 0 Å². The number of thiazole rings is 1. The summed E-state index contributed by atoms with van der Waals surface area (Å²) in [5.41, 5.74) is 5.52. The van der Waals surface area contributed by atoms with Gasteiger partial charge in [-0.3, -0.25) is 10.2 Å². The zero-order chi connectivity index (χ0) is 25.4. The van der Waals surface area contributed by atoms with Crippen molar-refractivity contribution in [1.82, 2.24) is 25.6 Å². The number of aromatic nitrogens is 3. The highest BCUT2D eigenvalue weighted by Gasteiger charge is 2.25. The van der Waals surface area contributed by atoms with Crippen molar-refractivity contribution < 1.29 is 9.59 Å². The fourth-order valence-electron chi connectivity index (χ4n) is 4.45. The number of nitrogens with one attached hydrogen (secondary N) is 3. The Morgan fingerprint density at radius 1 is 1.14 bits per heavy atom. The molecule has 3 N–H and O–H groups in total. The Labute approximate surface area is 225 Å². The van der Waals surface area contributed by atoms with Crippen LogP contribution >= 0.6 is 27.3 Å². The number of amides is 4. The molecule has 0 saturated carbocycles. The molecule has 37 heavy (non-hydrogen) atoms. The molecule has 0 bridgehead atoms. The Bertz CT molecular complexity index is 1520. The number of hydrogen-bond acceptors (Lipinski definition) is 6. The molecule has 2 aromatic carbocycles. The van der Waals surface area contributed by atoms with Gasteiger partial charge in [0.15, 0.2) is 11.0 Å². The second kappa shape index (κ2) is 9.91. The fraction of sp³-hybridized carbons (Fsp3) is 0.192. The number of benzene rings is 2. The Kier molecular flexibility index (Phi) is 6.31. The summed E-state index contributed by atoms with van der Waals surface area (Å²) in [6.45, 7) is 1.58. The zero-order valence-electron chi connectivity index (χ0n) is 19.6. The lowest BCUT2D eigenvalue weighted by atomic mass is 9.99. The minimum atomic E-state index is -0.341. The van der Waals surface area contributed by atoms with E-state index in [1.54, 1.807) is 4.90 Å². The summed E-state index contributed by atoms with van der Waals surface area (Å²) < 4.78 is 0.934. The van der Waals surface area contributed by atoms with E-state index in [0.717, 1.165) is 56.0 Å². The van der Waals surface area contributed by atoms with Crippen LogP contribution in [0.1, 0.15) is 16.8 Å². The molecule has 1 aliphatic heterocycles. The molecular formula is C26H22BrN7O2S. The first kappa shape index (κ1) is 23.6. The van der Waals surface area contributed by atoms with E-state index in [0.29, 0.717) is 30.6 Å². The number of carbonyl (C=O) groups is 2.